The molecule has 0 amide bonds. The van der Waals surface area contributed by atoms with E-state index in [-0.39, 0.29) is 6.61 Å². The van der Waals surface area contributed by atoms with Gasteiger partial charge in [-0.3, -0.25) is 0 Å². The van der Waals surface area contributed by atoms with Crippen molar-refractivity contribution in [2.45, 2.75) is 19.8 Å². The van der Waals surface area contributed by atoms with Crippen molar-refractivity contribution in [1.29, 1.82) is 0 Å². The van der Waals surface area contributed by atoms with Gasteiger partial charge in [0.25, 0.3) is 5.78 Å². The van der Waals surface area contributed by atoms with Gasteiger partial charge in [0, 0.05) is 19.0 Å². The van der Waals surface area contributed by atoms with Gasteiger partial charge in [0.05, 0.1) is 0 Å². The summed E-state index contributed by atoms with van der Waals surface area (Å²) in [5, 5.41) is 12.9. The molecule has 2 aromatic heterocycles. The number of hydrogen-bond donors (Lipinski definition) is 1. The van der Waals surface area contributed by atoms with Crippen LogP contribution >= 0.6 is 0 Å². The molecule has 2 rings (SSSR count). The van der Waals surface area contributed by atoms with Crippen LogP contribution in [0.25, 0.3) is 5.78 Å². The second-order valence-corrected chi connectivity index (χ2v) is 3.19. The number of aliphatic hydroxyl groups is 1. The molecule has 0 aliphatic carbocycles. The number of rotatable bonds is 3. The number of fused-ring (bicyclic) bond motifs is 1. The normalized spacial score (nSPS) is 11.0. The van der Waals surface area contributed by atoms with E-state index in [4.69, 9.17) is 5.11 Å². The van der Waals surface area contributed by atoms with Crippen molar-refractivity contribution >= 4 is 5.78 Å². The fourth-order valence-electron chi connectivity index (χ4n) is 1.34. The van der Waals surface area contributed by atoms with Crippen LogP contribution in [0.3, 0.4) is 0 Å². The minimum absolute atomic E-state index is 0.203. The lowest BCUT2D eigenvalue weighted by Crippen LogP contribution is -1.96. The molecule has 0 saturated heterocycles. The van der Waals surface area contributed by atoms with Gasteiger partial charge in [0.15, 0.2) is 0 Å². The Morgan fingerprint density at radius 2 is 2.36 bits per heavy atom. The first-order chi connectivity index (χ1) is 6.79. The SMILES string of the molecule is Cc1nc2ncc(CCCO)cn2n1. The highest BCUT2D eigenvalue weighted by Crippen LogP contribution is 2.03. The Kier molecular flexibility index (Phi) is 2.41. The van der Waals surface area contributed by atoms with E-state index in [0.717, 1.165) is 24.2 Å². The van der Waals surface area contributed by atoms with Gasteiger partial charge in [0.2, 0.25) is 0 Å². The lowest BCUT2D eigenvalue weighted by molar-refractivity contribution is 0.288. The summed E-state index contributed by atoms with van der Waals surface area (Å²) in [5.74, 6) is 1.34. The van der Waals surface area contributed by atoms with Crippen LogP contribution in [-0.4, -0.2) is 31.3 Å². The Morgan fingerprint density at radius 1 is 1.50 bits per heavy atom. The first-order valence-corrected chi connectivity index (χ1v) is 4.58. The van der Waals surface area contributed by atoms with Crippen molar-refractivity contribution in [2.24, 2.45) is 0 Å². The molecule has 0 unspecified atom stereocenters. The van der Waals surface area contributed by atoms with Gasteiger partial charge in [-0.25, -0.2) is 9.50 Å². The fraction of sp³-hybridized carbons (Fsp3) is 0.444. The number of aryl methyl sites for hydroxylation is 2. The monoisotopic (exact) mass is 192 g/mol. The first kappa shape index (κ1) is 9.08. The molecule has 0 radical (unpaired) electrons. The van der Waals surface area contributed by atoms with Gasteiger partial charge < -0.3 is 5.11 Å². The smallest absolute Gasteiger partial charge is 0.252 e. The third-order valence-corrected chi connectivity index (χ3v) is 1.98. The van der Waals surface area contributed by atoms with Crippen LogP contribution in [0, 0.1) is 6.92 Å². The molecule has 0 bridgehead atoms. The van der Waals surface area contributed by atoms with E-state index in [2.05, 4.69) is 15.1 Å². The molecule has 5 heteroatoms. The van der Waals surface area contributed by atoms with Crippen molar-refractivity contribution in [3.05, 3.63) is 23.8 Å². The van der Waals surface area contributed by atoms with Gasteiger partial charge in [-0.1, -0.05) is 0 Å². The third-order valence-electron chi connectivity index (χ3n) is 1.98. The minimum Gasteiger partial charge on any atom is -0.396 e. The van der Waals surface area contributed by atoms with Gasteiger partial charge >= 0.3 is 0 Å². The van der Waals surface area contributed by atoms with E-state index in [1.165, 1.54) is 0 Å². The molecule has 1 N–H and O–H groups in total. The maximum absolute atomic E-state index is 8.69. The Labute approximate surface area is 81.4 Å². The number of aliphatic hydroxyl groups excluding tert-OH is 1. The second kappa shape index (κ2) is 3.71. The summed E-state index contributed by atoms with van der Waals surface area (Å²) in [4.78, 5) is 8.29. The summed E-state index contributed by atoms with van der Waals surface area (Å²) in [6.07, 6.45) is 5.25. The Hall–Kier alpha value is -1.49. The highest BCUT2D eigenvalue weighted by molar-refractivity contribution is 5.27. The summed E-state index contributed by atoms with van der Waals surface area (Å²) in [7, 11) is 0. The van der Waals surface area contributed by atoms with Crippen molar-refractivity contribution in [3.63, 3.8) is 0 Å². The molecule has 14 heavy (non-hydrogen) atoms. The summed E-state index contributed by atoms with van der Waals surface area (Å²) in [5.41, 5.74) is 1.07. The Bertz CT molecular complexity index is 437. The molecule has 0 fully saturated rings. The standard InChI is InChI=1S/C9H12N4O/c1-7-11-9-10-5-8(3-2-4-14)6-13(9)12-7/h5-6,14H,2-4H2,1H3. The van der Waals surface area contributed by atoms with Crippen molar-refractivity contribution in [3.8, 4) is 0 Å². The summed E-state index contributed by atoms with van der Waals surface area (Å²) in [6.45, 7) is 2.04. The molecule has 0 spiro atoms. The zero-order valence-corrected chi connectivity index (χ0v) is 8.01. The van der Waals surface area contributed by atoms with Crippen LogP contribution in [0.4, 0.5) is 0 Å². The molecule has 2 aromatic rings. The quantitative estimate of drug-likeness (QED) is 0.762. The molecule has 0 atom stereocenters. The molecule has 74 valence electrons. The van der Waals surface area contributed by atoms with Crippen molar-refractivity contribution in [1.82, 2.24) is 19.6 Å². The van der Waals surface area contributed by atoms with Crippen LogP contribution < -0.4 is 0 Å². The van der Waals surface area contributed by atoms with Crippen molar-refractivity contribution < 1.29 is 5.11 Å². The van der Waals surface area contributed by atoms with Gasteiger partial charge in [-0.05, 0) is 25.3 Å². The van der Waals surface area contributed by atoms with Crippen LogP contribution in [0.15, 0.2) is 12.4 Å². The second-order valence-electron chi connectivity index (χ2n) is 3.19. The van der Waals surface area contributed by atoms with E-state index >= 15 is 0 Å². The van der Waals surface area contributed by atoms with E-state index in [0.29, 0.717) is 5.78 Å². The third kappa shape index (κ3) is 1.72. The van der Waals surface area contributed by atoms with Crippen LogP contribution in [0.5, 0.6) is 0 Å². The Morgan fingerprint density at radius 3 is 3.14 bits per heavy atom. The lowest BCUT2D eigenvalue weighted by Gasteiger charge is -1.98. The predicted molar refractivity (Wildman–Crippen MR) is 50.9 cm³/mol. The van der Waals surface area contributed by atoms with Crippen LogP contribution in [0.2, 0.25) is 0 Å². The van der Waals surface area contributed by atoms with E-state index in [1.807, 2.05) is 13.1 Å². The number of hydrogen-bond acceptors (Lipinski definition) is 4. The highest BCUT2D eigenvalue weighted by atomic mass is 16.2. The summed E-state index contributed by atoms with van der Waals surface area (Å²) in [6, 6.07) is 0. The number of aromatic nitrogens is 4. The van der Waals surface area contributed by atoms with Gasteiger partial charge in [-0.2, -0.15) is 10.1 Å². The fourth-order valence-corrected chi connectivity index (χ4v) is 1.34. The average Bonchev–Trinajstić information content (AvgIpc) is 2.54. The zero-order valence-electron chi connectivity index (χ0n) is 8.01. The lowest BCUT2D eigenvalue weighted by atomic mass is 10.2. The molecular formula is C9H12N4O. The minimum atomic E-state index is 0.203. The number of nitrogens with zero attached hydrogens (tertiary/aromatic N) is 4. The molecule has 0 saturated carbocycles. The van der Waals surface area contributed by atoms with Crippen molar-refractivity contribution in [2.75, 3.05) is 6.61 Å². The highest BCUT2D eigenvalue weighted by Gasteiger charge is 2.01. The van der Waals surface area contributed by atoms with E-state index < -0.39 is 0 Å². The molecular weight excluding hydrogens is 180 g/mol. The maximum Gasteiger partial charge on any atom is 0.252 e. The molecule has 0 aromatic carbocycles. The molecule has 2 heterocycles. The summed E-state index contributed by atoms with van der Waals surface area (Å²) >= 11 is 0. The maximum atomic E-state index is 8.69. The molecule has 5 nitrogen and oxygen atoms in total. The zero-order chi connectivity index (χ0) is 9.97. The Balaban J connectivity index is 2.31. The van der Waals surface area contributed by atoms with Gasteiger partial charge in [-0.15, -0.1) is 0 Å². The molecule has 0 aliphatic heterocycles. The topological polar surface area (TPSA) is 63.3 Å². The molecule has 0 aliphatic rings. The largest absolute Gasteiger partial charge is 0.396 e. The van der Waals surface area contributed by atoms with E-state index in [1.54, 1.807) is 10.7 Å². The average molecular weight is 192 g/mol. The van der Waals surface area contributed by atoms with Crippen LogP contribution in [-0.2, 0) is 6.42 Å². The first-order valence-electron chi connectivity index (χ1n) is 4.58. The van der Waals surface area contributed by atoms with Gasteiger partial charge in [0.1, 0.15) is 5.82 Å². The van der Waals surface area contributed by atoms with E-state index in [9.17, 15) is 0 Å². The predicted octanol–water partition coefficient (Wildman–Crippen LogP) is 0.358. The van der Waals surface area contributed by atoms with Crippen LogP contribution in [0.1, 0.15) is 17.8 Å². The summed E-state index contributed by atoms with van der Waals surface area (Å²) < 4.78 is 1.67.